The highest BCUT2D eigenvalue weighted by molar-refractivity contribution is 9.10. The van der Waals surface area contributed by atoms with Crippen molar-refractivity contribution in [3.63, 3.8) is 0 Å². The molecule has 1 aromatic heterocycles. The third kappa shape index (κ3) is 5.21. The number of benzene rings is 1. The molecule has 0 saturated heterocycles. The van der Waals surface area contributed by atoms with Crippen molar-refractivity contribution in [2.24, 2.45) is 0 Å². The minimum atomic E-state index is -1.13. The summed E-state index contributed by atoms with van der Waals surface area (Å²) in [5, 5.41) is 10.2. The molecular weight excluding hydrogens is 416 g/mol. The molecule has 2 rings (SSSR count). The van der Waals surface area contributed by atoms with Crippen LogP contribution in [0.4, 0.5) is 0 Å². The quantitative estimate of drug-likeness (QED) is 0.374. The smallest absolute Gasteiger partial charge is 0.123 e. The molecule has 0 radical (unpaired) electrons. The highest BCUT2D eigenvalue weighted by Gasteiger charge is 2.19. The zero-order valence-electron chi connectivity index (χ0n) is 15.2. The van der Waals surface area contributed by atoms with E-state index in [1.165, 1.54) is 0 Å². The number of hydrogen-bond donors (Lipinski definition) is 0. The van der Waals surface area contributed by atoms with Gasteiger partial charge in [-0.05, 0) is 52.2 Å². The van der Waals surface area contributed by atoms with E-state index >= 15 is 0 Å². The van der Waals surface area contributed by atoms with Gasteiger partial charge in [0.15, 0.2) is 0 Å². The van der Waals surface area contributed by atoms with Crippen molar-refractivity contribution < 1.29 is 4.74 Å². The molecule has 0 fully saturated rings. The summed E-state index contributed by atoms with van der Waals surface area (Å²) in [6.07, 6.45) is 0.872. The molecule has 2 aromatic rings. The molecule has 0 aliphatic heterocycles. The van der Waals surface area contributed by atoms with Gasteiger partial charge >= 0.3 is 0 Å². The average Bonchev–Trinajstić information content (AvgIpc) is 2.86. The van der Waals surface area contributed by atoms with Crippen molar-refractivity contribution >= 4 is 35.6 Å². The maximum Gasteiger partial charge on any atom is 0.123 e. The first-order valence-electron chi connectivity index (χ1n) is 8.42. The second-order valence-corrected chi connectivity index (χ2v) is 14.1. The van der Waals surface area contributed by atoms with E-state index in [9.17, 15) is 5.26 Å². The zero-order valence-corrected chi connectivity index (χ0v) is 18.5. The first-order chi connectivity index (χ1) is 11.8. The molecule has 134 valence electrons. The minimum absolute atomic E-state index is 0.414. The Bertz CT molecular complexity index is 790. The fourth-order valence-corrected chi connectivity index (χ4v) is 4.07. The Kier molecular flexibility index (Phi) is 6.92. The maximum absolute atomic E-state index is 9.58. The minimum Gasteiger partial charge on any atom is -0.361 e. The Morgan fingerprint density at radius 2 is 2.00 bits per heavy atom. The van der Waals surface area contributed by atoms with E-state index in [1.807, 2.05) is 28.8 Å². The van der Waals surface area contributed by atoms with Crippen LogP contribution < -0.4 is 0 Å². The second kappa shape index (κ2) is 8.55. The fraction of sp³-hybridized carbons (Fsp3) is 0.421. The van der Waals surface area contributed by atoms with Gasteiger partial charge in [0.05, 0.1) is 15.9 Å². The Morgan fingerprint density at radius 1 is 1.28 bits per heavy atom. The monoisotopic (exact) mass is 438 g/mol. The molecule has 0 spiro atoms. The summed E-state index contributed by atoms with van der Waals surface area (Å²) in [5.41, 5.74) is 3.64. The van der Waals surface area contributed by atoms with Gasteiger partial charge in [-0.25, -0.2) is 0 Å². The SMILES string of the molecule is CCc1ccc(Cl)cc1-c1c(C#N)cc(Br)n1COCC[Si](C)(C)C. The highest BCUT2D eigenvalue weighted by atomic mass is 79.9. The van der Waals surface area contributed by atoms with Crippen molar-refractivity contribution in [1.29, 1.82) is 5.26 Å². The van der Waals surface area contributed by atoms with Gasteiger partial charge in [0.1, 0.15) is 12.8 Å². The number of nitrogens with zero attached hydrogens (tertiary/aromatic N) is 2. The number of aromatic nitrogens is 1. The van der Waals surface area contributed by atoms with E-state index < -0.39 is 8.07 Å². The van der Waals surface area contributed by atoms with Crippen LogP contribution in [-0.2, 0) is 17.9 Å². The van der Waals surface area contributed by atoms with Gasteiger partial charge in [-0.2, -0.15) is 5.26 Å². The number of halogens is 2. The van der Waals surface area contributed by atoms with Crippen molar-refractivity contribution in [1.82, 2.24) is 4.57 Å². The lowest BCUT2D eigenvalue weighted by Crippen LogP contribution is -2.22. The molecule has 0 atom stereocenters. The molecule has 0 aliphatic rings. The third-order valence-corrected chi connectivity index (χ3v) is 6.69. The van der Waals surface area contributed by atoms with Gasteiger partial charge in [-0.3, -0.25) is 0 Å². The average molecular weight is 440 g/mol. The van der Waals surface area contributed by atoms with E-state index in [0.29, 0.717) is 17.3 Å². The van der Waals surface area contributed by atoms with Crippen molar-refractivity contribution in [3.05, 3.63) is 45.0 Å². The molecule has 25 heavy (non-hydrogen) atoms. The summed E-state index contributed by atoms with van der Waals surface area (Å²) >= 11 is 9.80. The van der Waals surface area contributed by atoms with Crippen LogP contribution >= 0.6 is 27.5 Å². The largest absolute Gasteiger partial charge is 0.361 e. The normalized spacial score (nSPS) is 11.6. The molecule has 3 nitrogen and oxygen atoms in total. The van der Waals surface area contributed by atoms with Gasteiger partial charge in [0.25, 0.3) is 0 Å². The first-order valence-corrected chi connectivity index (χ1v) is 13.3. The fourth-order valence-electron chi connectivity index (χ4n) is 2.63. The van der Waals surface area contributed by atoms with Crippen LogP contribution in [0.15, 0.2) is 28.9 Å². The predicted octanol–water partition coefficient (Wildman–Crippen LogP) is 6.32. The van der Waals surface area contributed by atoms with Crippen LogP contribution in [0.3, 0.4) is 0 Å². The van der Waals surface area contributed by atoms with Crippen LogP contribution in [0.5, 0.6) is 0 Å². The molecule has 1 aromatic carbocycles. The molecule has 0 saturated carbocycles. The highest BCUT2D eigenvalue weighted by Crippen LogP contribution is 2.34. The van der Waals surface area contributed by atoms with Crippen LogP contribution in [0, 0.1) is 11.3 Å². The summed E-state index contributed by atoms with van der Waals surface area (Å²) in [6, 6.07) is 11.1. The summed E-state index contributed by atoms with van der Waals surface area (Å²) in [5.74, 6) is 0. The number of aryl methyl sites for hydroxylation is 1. The maximum atomic E-state index is 9.58. The van der Waals surface area contributed by atoms with Crippen LogP contribution in [-0.4, -0.2) is 19.2 Å². The second-order valence-electron chi connectivity index (χ2n) is 7.27. The van der Waals surface area contributed by atoms with E-state index in [1.54, 1.807) is 0 Å². The van der Waals surface area contributed by atoms with Crippen LogP contribution in [0.1, 0.15) is 18.1 Å². The zero-order chi connectivity index (χ0) is 18.6. The topological polar surface area (TPSA) is 38.0 Å². The van der Waals surface area contributed by atoms with Crippen LogP contribution in [0.25, 0.3) is 11.3 Å². The third-order valence-electron chi connectivity index (χ3n) is 4.09. The van der Waals surface area contributed by atoms with Crippen molar-refractivity contribution in [3.8, 4) is 17.3 Å². The van der Waals surface area contributed by atoms with Crippen molar-refractivity contribution in [2.45, 2.75) is 45.8 Å². The Labute approximate surface area is 164 Å². The van der Waals surface area contributed by atoms with Crippen LogP contribution in [0.2, 0.25) is 30.7 Å². The number of ether oxygens (including phenoxy) is 1. The van der Waals surface area contributed by atoms with E-state index in [4.69, 9.17) is 16.3 Å². The lowest BCUT2D eigenvalue weighted by Gasteiger charge is -2.18. The summed E-state index contributed by atoms with van der Waals surface area (Å²) < 4.78 is 8.77. The number of rotatable bonds is 7. The molecule has 1 heterocycles. The van der Waals surface area contributed by atoms with Gasteiger partial charge in [0, 0.05) is 25.3 Å². The summed E-state index contributed by atoms with van der Waals surface area (Å²) in [4.78, 5) is 0. The van der Waals surface area contributed by atoms with Gasteiger partial charge < -0.3 is 9.30 Å². The molecule has 0 aliphatic carbocycles. The van der Waals surface area contributed by atoms with Crippen molar-refractivity contribution in [2.75, 3.05) is 6.61 Å². The molecule has 0 N–H and O–H groups in total. The van der Waals surface area contributed by atoms with E-state index in [-0.39, 0.29) is 0 Å². The van der Waals surface area contributed by atoms with Gasteiger partial charge in [0.2, 0.25) is 0 Å². The lowest BCUT2D eigenvalue weighted by molar-refractivity contribution is 0.0871. The predicted molar refractivity (Wildman–Crippen MR) is 111 cm³/mol. The lowest BCUT2D eigenvalue weighted by atomic mass is 10.0. The first kappa shape index (κ1) is 20.3. The number of nitriles is 1. The standard InChI is InChI=1S/C19H24BrClN2OSi/c1-5-14-6-7-16(21)11-17(14)19-15(12-22)10-18(20)23(19)13-24-8-9-25(2,3)4/h6-7,10-11H,5,8-9,13H2,1-4H3. The summed E-state index contributed by atoms with van der Waals surface area (Å²) in [7, 11) is -1.13. The Hall–Kier alpha value is -1.06. The van der Waals surface area contributed by atoms with E-state index in [0.717, 1.165) is 40.5 Å². The molecule has 0 unspecified atom stereocenters. The number of hydrogen-bond acceptors (Lipinski definition) is 2. The Balaban J connectivity index is 2.38. The molecule has 0 bridgehead atoms. The van der Waals surface area contributed by atoms with E-state index in [2.05, 4.69) is 48.6 Å². The van der Waals surface area contributed by atoms with Gasteiger partial charge in [-0.1, -0.05) is 44.2 Å². The van der Waals surface area contributed by atoms with Gasteiger partial charge in [-0.15, -0.1) is 0 Å². The molecule has 0 amide bonds. The Morgan fingerprint density at radius 3 is 2.60 bits per heavy atom. The molecular formula is C19H24BrClN2OSi. The summed E-state index contributed by atoms with van der Waals surface area (Å²) in [6.45, 7) is 10.3. The molecule has 6 heteroatoms.